The highest BCUT2D eigenvalue weighted by molar-refractivity contribution is 5.95. The first-order valence-corrected chi connectivity index (χ1v) is 10.5. The van der Waals surface area contributed by atoms with Crippen LogP contribution >= 0.6 is 0 Å². The van der Waals surface area contributed by atoms with Gasteiger partial charge in [0.25, 0.3) is 5.91 Å². The predicted molar refractivity (Wildman–Crippen MR) is 104 cm³/mol. The summed E-state index contributed by atoms with van der Waals surface area (Å²) in [5, 5.41) is 7.76. The normalized spacial score (nSPS) is 23.6. The molecule has 1 amide bonds. The van der Waals surface area contributed by atoms with Gasteiger partial charge in [0.05, 0.1) is 38.2 Å². The summed E-state index contributed by atoms with van der Waals surface area (Å²) < 4.78 is 24.7. The topological polar surface area (TPSA) is 87.8 Å². The average molecular weight is 401 g/mol. The Kier molecular flexibility index (Phi) is 5.15. The fourth-order valence-electron chi connectivity index (χ4n) is 4.42. The molecular weight excluding hydrogens is 374 g/mol. The molecule has 2 aliphatic heterocycles. The van der Waals surface area contributed by atoms with Crippen molar-refractivity contribution >= 4 is 5.91 Å². The lowest BCUT2D eigenvalue weighted by Crippen LogP contribution is -2.32. The van der Waals surface area contributed by atoms with Crippen molar-refractivity contribution < 1.29 is 23.4 Å². The second-order valence-electron chi connectivity index (χ2n) is 7.99. The minimum Gasteiger partial charge on any atom is -0.455 e. The van der Waals surface area contributed by atoms with E-state index in [4.69, 9.17) is 23.7 Å². The first-order valence-electron chi connectivity index (χ1n) is 10.5. The van der Waals surface area contributed by atoms with E-state index >= 15 is 0 Å². The van der Waals surface area contributed by atoms with Crippen molar-refractivity contribution in [3.8, 4) is 11.3 Å². The highest BCUT2D eigenvalue weighted by Crippen LogP contribution is 2.38. The highest BCUT2D eigenvalue weighted by Gasteiger charge is 2.30. The monoisotopic (exact) mass is 401 g/mol. The number of aryl methyl sites for hydroxylation is 2. The van der Waals surface area contributed by atoms with Crippen LogP contribution in [-0.2, 0) is 33.6 Å². The largest absolute Gasteiger partial charge is 0.455 e. The zero-order chi connectivity index (χ0) is 19.8. The molecular formula is C21H27N3O5. The summed E-state index contributed by atoms with van der Waals surface area (Å²) in [5.74, 6) is 1.06. The van der Waals surface area contributed by atoms with Crippen molar-refractivity contribution in [2.45, 2.75) is 51.4 Å². The summed E-state index contributed by atoms with van der Waals surface area (Å²) in [4.78, 5) is 12.7. The van der Waals surface area contributed by atoms with Crippen LogP contribution in [0.1, 0.15) is 40.3 Å². The second-order valence-corrected chi connectivity index (χ2v) is 7.99. The van der Waals surface area contributed by atoms with E-state index < -0.39 is 0 Å². The van der Waals surface area contributed by atoms with Gasteiger partial charge in [-0.3, -0.25) is 9.48 Å². The fraction of sp³-hybridized carbons (Fsp3) is 0.619. The van der Waals surface area contributed by atoms with Crippen LogP contribution in [0.15, 0.2) is 10.6 Å². The van der Waals surface area contributed by atoms with E-state index in [0.717, 1.165) is 54.9 Å². The van der Waals surface area contributed by atoms with Gasteiger partial charge >= 0.3 is 0 Å². The molecule has 0 spiro atoms. The molecule has 1 aliphatic carbocycles. The van der Waals surface area contributed by atoms with E-state index in [1.165, 1.54) is 5.56 Å². The van der Waals surface area contributed by atoms with Crippen molar-refractivity contribution in [1.82, 2.24) is 15.1 Å². The van der Waals surface area contributed by atoms with Crippen LogP contribution in [0.5, 0.6) is 0 Å². The molecule has 0 radical (unpaired) electrons. The maximum absolute atomic E-state index is 12.7. The number of fused-ring (bicyclic) bond motifs is 3. The Balaban J connectivity index is 1.34. The van der Waals surface area contributed by atoms with Gasteiger partial charge in [-0.25, -0.2) is 0 Å². The zero-order valence-corrected chi connectivity index (χ0v) is 16.7. The number of hydrogen-bond acceptors (Lipinski definition) is 6. The summed E-state index contributed by atoms with van der Waals surface area (Å²) in [6.07, 6.45) is 5.89. The van der Waals surface area contributed by atoms with Crippen LogP contribution in [0.2, 0.25) is 0 Å². The number of carbonyl (C=O) groups is 1. The average Bonchev–Trinajstić information content (AvgIpc) is 3.45. The molecule has 3 aliphatic rings. The first kappa shape index (κ1) is 18.8. The van der Waals surface area contributed by atoms with E-state index in [9.17, 15) is 4.79 Å². The molecule has 2 fully saturated rings. The van der Waals surface area contributed by atoms with Gasteiger partial charge in [0.15, 0.2) is 5.76 Å². The first-order chi connectivity index (χ1) is 14.2. The molecule has 0 aromatic carbocycles. The summed E-state index contributed by atoms with van der Waals surface area (Å²) in [6, 6.07) is 0. The third kappa shape index (κ3) is 3.72. The molecule has 8 nitrogen and oxygen atoms in total. The number of furan rings is 1. The Morgan fingerprint density at radius 3 is 2.93 bits per heavy atom. The van der Waals surface area contributed by atoms with Crippen LogP contribution in [0.3, 0.4) is 0 Å². The number of nitrogens with one attached hydrogen (secondary N) is 1. The van der Waals surface area contributed by atoms with Crippen molar-refractivity contribution in [2.75, 3.05) is 33.0 Å². The smallest absolute Gasteiger partial charge is 0.287 e. The lowest BCUT2D eigenvalue weighted by atomic mass is 9.93. The maximum atomic E-state index is 12.7. The Bertz CT molecular complexity index is 891. The molecule has 1 N–H and O–H groups in total. The quantitative estimate of drug-likeness (QED) is 0.823. The summed E-state index contributed by atoms with van der Waals surface area (Å²) in [7, 11) is 0. The summed E-state index contributed by atoms with van der Waals surface area (Å²) in [5.41, 5.74) is 3.92. The van der Waals surface area contributed by atoms with E-state index in [1.807, 2.05) is 11.6 Å². The third-order valence-electron chi connectivity index (χ3n) is 5.91. The number of nitrogens with zero attached hydrogens (tertiary/aromatic N) is 2. The number of rotatable bonds is 5. The van der Waals surface area contributed by atoms with Gasteiger partial charge in [0.2, 0.25) is 0 Å². The number of carbonyl (C=O) groups excluding carboxylic acids is 1. The molecule has 2 aromatic rings. The molecule has 2 atom stereocenters. The Hall–Kier alpha value is -2.16. The number of ether oxygens (including phenoxy) is 3. The minimum absolute atomic E-state index is 0.0224. The van der Waals surface area contributed by atoms with Gasteiger partial charge < -0.3 is 23.9 Å². The van der Waals surface area contributed by atoms with Crippen LogP contribution in [0.25, 0.3) is 11.3 Å². The molecule has 0 saturated carbocycles. The molecule has 5 rings (SSSR count). The van der Waals surface area contributed by atoms with Gasteiger partial charge in [0.1, 0.15) is 11.9 Å². The minimum atomic E-state index is -0.180. The van der Waals surface area contributed by atoms with Crippen LogP contribution in [-0.4, -0.2) is 60.9 Å². The summed E-state index contributed by atoms with van der Waals surface area (Å²) in [6.45, 7) is 5.77. The molecule has 4 heterocycles. The van der Waals surface area contributed by atoms with Crippen LogP contribution in [0.4, 0.5) is 0 Å². The maximum Gasteiger partial charge on any atom is 0.287 e. The van der Waals surface area contributed by atoms with Gasteiger partial charge in [-0.2, -0.15) is 5.10 Å². The molecule has 8 heteroatoms. The third-order valence-corrected chi connectivity index (χ3v) is 5.91. The Morgan fingerprint density at radius 2 is 2.14 bits per heavy atom. The molecule has 29 heavy (non-hydrogen) atoms. The lowest BCUT2D eigenvalue weighted by Gasteiger charge is -2.22. The number of aromatic nitrogens is 2. The van der Waals surface area contributed by atoms with Crippen molar-refractivity contribution in [2.24, 2.45) is 0 Å². The molecule has 2 aromatic heterocycles. The fourth-order valence-corrected chi connectivity index (χ4v) is 4.42. The van der Waals surface area contributed by atoms with Crippen LogP contribution in [0, 0.1) is 6.92 Å². The zero-order valence-electron chi connectivity index (χ0n) is 16.7. The van der Waals surface area contributed by atoms with E-state index in [-0.39, 0.29) is 18.1 Å². The SMILES string of the molecule is Cc1c(C(=O)NCC2CCCO2)oc2c1-c1nn(C[C@@H]3COCCO3)cc1CC2. The van der Waals surface area contributed by atoms with E-state index in [0.29, 0.717) is 38.7 Å². The molecule has 2 saturated heterocycles. The van der Waals surface area contributed by atoms with Crippen molar-refractivity contribution in [1.29, 1.82) is 0 Å². The van der Waals surface area contributed by atoms with E-state index in [1.54, 1.807) is 0 Å². The van der Waals surface area contributed by atoms with Crippen LogP contribution < -0.4 is 5.32 Å². The lowest BCUT2D eigenvalue weighted by molar-refractivity contribution is -0.0946. The number of amides is 1. The highest BCUT2D eigenvalue weighted by atomic mass is 16.6. The molecule has 0 bridgehead atoms. The second kappa shape index (κ2) is 7.93. The van der Waals surface area contributed by atoms with Crippen molar-refractivity contribution in [3.63, 3.8) is 0 Å². The van der Waals surface area contributed by atoms with Gasteiger partial charge in [-0.05, 0) is 31.7 Å². The van der Waals surface area contributed by atoms with Gasteiger partial charge in [-0.15, -0.1) is 0 Å². The predicted octanol–water partition coefficient (Wildman–Crippen LogP) is 1.87. The Morgan fingerprint density at radius 1 is 1.24 bits per heavy atom. The molecule has 1 unspecified atom stereocenters. The number of hydrogen-bond donors (Lipinski definition) is 1. The summed E-state index contributed by atoms with van der Waals surface area (Å²) >= 11 is 0. The standard InChI is InChI=1S/C21H27N3O5/c1-13-18-17(29-20(13)21(25)22-9-15-3-2-6-27-15)5-4-14-10-24(23-19(14)18)11-16-12-26-7-8-28-16/h10,15-16H,2-9,11-12H2,1H3,(H,22,25)/t15?,16-/m1/s1. The van der Waals surface area contributed by atoms with Crippen molar-refractivity contribution in [3.05, 3.63) is 28.8 Å². The van der Waals surface area contributed by atoms with Gasteiger partial charge in [0, 0.05) is 36.9 Å². The van der Waals surface area contributed by atoms with E-state index in [2.05, 4.69) is 11.5 Å². The molecule has 156 valence electrons. The Labute approximate surface area is 169 Å². The van der Waals surface area contributed by atoms with Gasteiger partial charge in [-0.1, -0.05) is 0 Å².